The molecule has 0 heterocycles. The fourth-order valence-corrected chi connectivity index (χ4v) is 2.67. The molecule has 5 heteroatoms. The molecule has 138 valence electrons. The van der Waals surface area contributed by atoms with E-state index >= 15 is 0 Å². The van der Waals surface area contributed by atoms with Crippen molar-refractivity contribution in [3.63, 3.8) is 0 Å². The van der Waals surface area contributed by atoms with Crippen LogP contribution >= 0.6 is 0 Å². The molecule has 3 aromatic carbocycles. The van der Waals surface area contributed by atoms with Crippen molar-refractivity contribution in [1.82, 2.24) is 0 Å². The lowest BCUT2D eigenvalue weighted by molar-refractivity contribution is 0.273. The van der Waals surface area contributed by atoms with E-state index in [2.05, 4.69) is 0 Å². The summed E-state index contributed by atoms with van der Waals surface area (Å²) >= 11 is 0. The lowest BCUT2D eigenvalue weighted by Gasteiger charge is -2.06. The number of halogens is 3. The second kappa shape index (κ2) is 8.10. The van der Waals surface area contributed by atoms with Gasteiger partial charge in [-0.15, -0.1) is 0 Å². The highest BCUT2D eigenvalue weighted by Gasteiger charge is 2.11. The van der Waals surface area contributed by atoms with Gasteiger partial charge in [0, 0.05) is 22.8 Å². The van der Waals surface area contributed by atoms with Crippen molar-refractivity contribution in [1.29, 1.82) is 0 Å². The minimum atomic E-state index is -1.05. The van der Waals surface area contributed by atoms with Gasteiger partial charge in [0.15, 0.2) is 11.6 Å². The quantitative estimate of drug-likeness (QED) is 0.606. The van der Waals surface area contributed by atoms with Gasteiger partial charge in [-0.1, -0.05) is 48.6 Å². The van der Waals surface area contributed by atoms with Crippen molar-refractivity contribution in [3.05, 3.63) is 88.7 Å². The third-order valence-electron chi connectivity index (χ3n) is 4.22. The van der Waals surface area contributed by atoms with E-state index in [0.29, 0.717) is 16.9 Å². The van der Waals surface area contributed by atoms with Crippen LogP contribution in [-0.2, 0) is 6.61 Å². The van der Waals surface area contributed by atoms with Crippen LogP contribution in [0.25, 0.3) is 23.3 Å². The topological polar surface area (TPSA) is 29.5 Å². The maximum Gasteiger partial charge on any atom is 0.166 e. The van der Waals surface area contributed by atoms with E-state index in [9.17, 15) is 13.2 Å². The molecular weight excluding hydrogens is 353 g/mol. The summed E-state index contributed by atoms with van der Waals surface area (Å²) in [4.78, 5) is 0. The third-order valence-corrected chi connectivity index (χ3v) is 4.22. The van der Waals surface area contributed by atoms with Crippen LogP contribution in [0.15, 0.2) is 54.6 Å². The normalized spacial score (nSPS) is 11.1. The van der Waals surface area contributed by atoms with Crippen molar-refractivity contribution in [2.45, 2.75) is 6.61 Å². The van der Waals surface area contributed by atoms with Gasteiger partial charge in [-0.3, -0.25) is 0 Å². The smallest absolute Gasteiger partial charge is 0.166 e. The summed E-state index contributed by atoms with van der Waals surface area (Å²) in [5, 5.41) is 8.95. The lowest BCUT2D eigenvalue weighted by Crippen LogP contribution is -1.96. The van der Waals surface area contributed by atoms with Crippen LogP contribution in [0.1, 0.15) is 16.7 Å². The maximum absolute atomic E-state index is 14.1. The number of rotatable bonds is 5. The number of hydrogen-bond acceptors (Lipinski definition) is 2. The Morgan fingerprint density at radius 3 is 2.26 bits per heavy atom. The van der Waals surface area contributed by atoms with Crippen LogP contribution in [0, 0.1) is 17.5 Å². The zero-order valence-corrected chi connectivity index (χ0v) is 14.5. The van der Waals surface area contributed by atoms with Crippen LogP contribution in [0.4, 0.5) is 13.2 Å². The zero-order chi connectivity index (χ0) is 19.4. The summed E-state index contributed by atoms with van der Waals surface area (Å²) in [6.45, 7) is -0.559. The number of aliphatic hydroxyl groups is 1. The SMILES string of the molecule is COc1ccc(-c2ccc(C=Cc3ccc(CO)c(F)c3F)cc2)c(F)c1. The first-order chi connectivity index (χ1) is 13.0. The lowest BCUT2D eigenvalue weighted by atomic mass is 10.0. The first-order valence-electron chi connectivity index (χ1n) is 8.23. The Bertz CT molecular complexity index is 980. The van der Waals surface area contributed by atoms with Crippen LogP contribution in [-0.4, -0.2) is 12.2 Å². The van der Waals surface area contributed by atoms with Gasteiger partial charge in [0.2, 0.25) is 0 Å². The van der Waals surface area contributed by atoms with Crippen LogP contribution in [0.3, 0.4) is 0 Å². The van der Waals surface area contributed by atoms with Crippen molar-refractivity contribution in [3.8, 4) is 16.9 Å². The highest BCUT2D eigenvalue weighted by atomic mass is 19.2. The Hall–Kier alpha value is -3.05. The highest BCUT2D eigenvalue weighted by Crippen LogP contribution is 2.27. The number of hydrogen-bond donors (Lipinski definition) is 1. The number of benzene rings is 3. The summed E-state index contributed by atoms with van der Waals surface area (Å²) < 4.78 is 46.8. The van der Waals surface area contributed by atoms with E-state index in [-0.39, 0.29) is 16.9 Å². The maximum atomic E-state index is 14.1. The molecule has 1 N–H and O–H groups in total. The summed E-state index contributed by atoms with van der Waals surface area (Å²) in [6.07, 6.45) is 3.08. The van der Waals surface area contributed by atoms with E-state index in [0.717, 1.165) is 5.56 Å². The van der Waals surface area contributed by atoms with Crippen molar-refractivity contribution in [2.75, 3.05) is 7.11 Å². The fourth-order valence-electron chi connectivity index (χ4n) is 2.67. The molecule has 3 rings (SSSR count). The van der Waals surface area contributed by atoms with Gasteiger partial charge in [0.1, 0.15) is 11.6 Å². The minimum Gasteiger partial charge on any atom is -0.497 e. The summed E-state index contributed by atoms with van der Waals surface area (Å²) in [6, 6.07) is 14.4. The molecule has 0 aliphatic heterocycles. The Morgan fingerprint density at radius 2 is 1.63 bits per heavy atom. The van der Waals surface area contributed by atoms with Crippen LogP contribution in [0.2, 0.25) is 0 Å². The molecule has 3 aromatic rings. The van der Waals surface area contributed by atoms with Gasteiger partial charge in [-0.05, 0) is 23.3 Å². The largest absolute Gasteiger partial charge is 0.497 e. The number of ether oxygens (including phenoxy) is 1. The number of aliphatic hydroxyl groups excluding tert-OH is 1. The summed E-state index contributed by atoms with van der Waals surface area (Å²) in [5.41, 5.74) is 1.88. The van der Waals surface area contributed by atoms with Gasteiger partial charge in [0.05, 0.1) is 13.7 Å². The molecule has 0 atom stereocenters. The summed E-state index contributed by atoms with van der Waals surface area (Å²) in [7, 11) is 1.47. The zero-order valence-electron chi connectivity index (χ0n) is 14.5. The number of methoxy groups -OCH3 is 1. The second-order valence-electron chi connectivity index (χ2n) is 5.90. The average Bonchev–Trinajstić information content (AvgIpc) is 2.69. The average molecular weight is 370 g/mol. The van der Waals surface area contributed by atoms with Crippen molar-refractivity contribution < 1.29 is 23.0 Å². The first-order valence-corrected chi connectivity index (χ1v) is 8.23. The van der Waals surface area contributed by atoms with Gasteiger partial charge < -0.3 is 9.84 Å². The molecule has 0 aliphatic rings. The highest BCUT2D eigenvalue weighted by molar-refractivity contribution is 5.72. The monoisotopic (exact) mass is 370 g/mol. The first kappa shape index (κ1) is 18.7. The minimum absolute atomic E-state index is 0.0787. The molecule has 0 aromatic heterocycles. The van der Waals surface area contributed by atoms with Crippen LogP contribution in [0.5, 0.6) is 5.75 Å². The Kier molecular flexibility index (Phi) is 5.62. The van der Waals surface area contributed by atoms with Gasteiger partial charge in [-0.25, -0.2) is 13.2 Å². The molecule has 0 bridgehead atoms. The standard InChI is InChI=1S/C22H17F3O2/c1-27-18-10-11-19(20(23)12-18)15-5-2-14(3-6-15)4-7-16-8-9-17(13-26)22(25)21(16)24/h2-12,26H,13H2,1H3. The summed E-state index contributed by atoms with van der Waals surface area (Å²) in [5.74, 6) is -2.00. The molecule has 0 saturated heterocycles. The Balaban J connectivity index is 1.82. The van der Waals surface area contributed by atoms with Crippen LogP contribution < -0.4 is 4.74 Å². The molecule has 2 nitrogen and oxygen atoms in total. The molecule has 0 unspecified atom stereocenters. The predicted molar refractivity (Wildman–Crippen MR) is 99.6 cm³/mol. The molecule has 27 heavy (non-hydrogen) atoms. The molecule has 0 aliphatic carbocycles. The van der Waals surface area contributed by atoms with E-state index < -0.39 is 18.2 Å². The second-order valence-corrected chi connectivity index (χ2v) is 5.90. The van der Waals surface area contributed by atoms with Gasteiger partial charge >= 0.3 is 0 Å². The Labute approximate surface area is 155 Å². The van der Waals surface area contributed by atoms with E-state index in [4.69, 9.17) is 9.84 Å². The van der Waals surface area contributed by atoms with Gasteiger partial charge in [-0.2, -0.15) is 0 Å². The Morgan fingerprint density at radius 1 is 0.889 bits per heavy atom. The molecule has 0 amide bonds. The van der Waals surface area contributed by atoms with E-state index in [1.54, 1.807) is 42.5 Å². The van der Waals surface area contributed by atoms with Crippen molar-refractivity contribution >= 4 is 12.2 Å². The van der Waals surface area contributed by atoms with Crippen molar-refractivity contribution in [2.24, 2.45) is 0 Å². The fraction of sp³-hybridized carbons (Fsp3) is 0.0909. The molecule has 0 radical (unpaired) electrons. The molecule has 0 spiro atoms. The molecule has 0 fully saturated rings. The van der Waals surface area contributed by atoms with E-state index in [1.165, 1.54) is 31.4 Å². The van der Waals surface area contributed by atoms with Gasteiger partial charge in [0.25, 0.3) is 0 Å². The predicted octanol–water partition coefficient (Wildman–Crippen LogP) is 5.44. The van der Waals surface area contributed by atoms with E-state index in [1.807, 2.05) is 0 Å². The third kappa shape index (κ3) is 4.04. The molecule has 0 saturated carbocycles. The molecular formula is C22H17F3O2.